The molecule has 0 N–H and O–H groups in total. The molecule has 23 heavy (non-hydrogen) atoms. The van der Waals surface area contributed by atoms with E-state index in [9.17, 15) is 0 Å². The van der Waals surface area contributed by atoms with E-state index in [1.54, 1.807) is 0 Å². The Balaban J connectivity index is 2.15. The van der Waals surface area contributed by atoms with Crippen molar-refractivity contribution >= 4 is 29.2 Å². The Labute approximate surface area is 144 Å². The average Bonchev–Trinajstić information content (AvgIpc) is 2.49. The van der Waals surface area contributed by atoms with Gasteiger partial charge in [-0.15, -0.1) is 11.8 Å². The molecule has 0 saturated carbocycles. The molecule has 3 heteroatoms. The maximum Gasteiger partial charge on any atom is 0.180 e. The van der Waals surface area contributed by atoms with Crippen LogP contribution in [0.25, 0.3) is 6.08 Å². The van der Waals surface area contributed by atoms with Gasteiger partial charge in [0.1, 0.15) is 14.1 Å². The van der Waals surface area contributed by atoms with Gasteiger partial charge in [-0.05, 0) is 54.3 Å². The smallest absolute Gasteiger partial charge is 0.180 e. The van der Waals surface area contributed by atoms with Crippen molar-refractivity contribution in [3.05, 3.63) is 40.5 Å². The van der Waals surface area contributed by atoms with Crippen LogP contribution < -0.4 is 4.90 Å². The summed E-state index contributed by atoms with van der Waals surface area (Å²) in [7, 11) is 8.54. The first kappa shape index (κ1) is 16.4. The van der Waals surface area contributed by atoms with Crippen LogP contribution in [0.1, 0.15) is 25.0 Å². The van der Waals surface area contributed by atoms with Gasteiger partial charge in [-0.25, -0.2) is 4.58 Å². The summed E-state index contributed by atoms with van der Waals surface area (Å²) in [6.07, 6.45) is 4.79. The van der Waals surface area contributed by atoms with E-state index in [0.29, 0.717) is 11.2 Å². The highest BCUT2D eigenvalue weighted by atomic mass is 32.2. The molecule has 2 nitrogen and oxygen atoms in total. The molecular formula is C20H27N2S+. The van der Waals surface area contributed by atoms with Gasteiger partial charge in [0.25, 0.3) is 0 Å². The van der Waals surface area contributed by atoms with Gasteiger partial charge in [0, 0.05) is 36.0 Å². The number of rotatable bonds is 1. The Morgan fingerprint density at radius 2 is 1.78 bits per heavy atom. The van der Waals surface area contributed by atoms with E-state index in [4.69, 9.17) is 0 Å². The van der Waals surface area contributed by atoms with Gasteiger partial charge in [-0.1, -0.05) is 6.92 Å². The molecule has 2 aliphatic rings. The molecule has 0 aromatic heterocycles. The number of thioether (sulfide) groups is 1. The molecule has 122 valence electrons. The first-order chi connectivity index (χ1) is 10.8. The normalized spacial score (nSPS) is 22.8. The van der Waals surface area contributed by atoms with Crippen LogP contribution in [0.15, 0.2) is 34.3 Å². The van der Waals surface area contributed by atoms with Crippen LogP contribution in [0.2, 0.25) is 0 Å². The lowest BCUT2D eigenvalue weighted by Gasteiger charge is -2.34. The Bertz CT molecular complexity index is 749. The molecule has 3 rings (SSSR count). The molecule has 0 bridgehead atoms. The number of anilines is 1. The van der Waals surface area contributed by atoms with Crippen LogP contribution >= 0.6 is 11.8 Å². The highest BCUT2D eigenvalue weighted by Gasteiger charge is 2.37. The third kappa shape index (κ3) is 2.76. The average molecular weight is 328 g/mol. The zero-order chi connectivity index (χ0) is 16.9. The van der Waals surface area contributed by atoms with Gasteiger partial charge >= 0.3 is 0 Å². The van der Waals surface area contributed by atoms with Crippen molar-refractivity contribution in [2.75, 3.05) is 33.1 Å². The second kappa shape index (κ2) is 5.86. The predicted octanol–water partition coefficient (Wildman–Crippen LogP) is 4.23. The monoisotopic (exact) mass is 327 g/mol. The number of nitrogens with zero attached hydrogens (tertiary/aromatic N) is 2. The van der Waals surface area contributed by atoms with Crippen LogP contribution in [0, 0.1) is 12.8 Å². The van der Waals surface area contributed by atoms with Gasteiger partial charge in [0.2, 0.25) is 0 Å². The molecule has 2 atom stereocenters. The molecule has 0 fully saturated rings. The van der Waals surface area contributed by atoms with Crippen molar-refractivity contribution in [1.29, 1.82) is 0 Å². The standard InChI is InChI=1S/C20H27N2S/c1-12-8-15(21(4)5)10-19-16(12)11-17-13(2)9-18(22(6)7)14(3)20(17)23-19/h8-11,14,20H,1-7H3/q+1. The van der Waals surface area contributed by atoms with Crippen LogP contribution in [-0.2, 0) is 0 Å². The summed E-state index contributed by atoms with van der Waals surface area (Å²) >= 11 is 2.04. The third-order valence-electron chi connectivity index (χ3n) is 4.97. The lowest BCUT2D eigenvalue weighted by molar-refractivity contribution is -0.466. The molecule has 1 aromatic carbocycles. The molecule has 0 radical (unpaired) electrons. The summed E-state index contributed by atoms with van der Waals surface area (Å²) in [5.74, 6) is 0.529. The maximum atomic E-state index is 2.43. The molecule has 1 heterocycles. The second-order valence-corrected chi connectivity index (χ2v) is 8.33. The van der Waals surface area contributed by atoms with Crippen molar-refractivity contribution in [3.63, 3.8) is 0 Å². The fourth-order valence-corrected chi connectivity index (χ4v) is 5.10. The van der Waals surface area contributed by atoms with Gasteiger partial charge in [0.15, 0.2) is 5.71 Å². The predicted molar refractivity (Wildman–Crippen MR) is 103 cm³/mol. The topological polar surface area (TPSA) is 6.25 Å². The zero-order valence-corrected chi connectivity index (χ0v) is 16.1. The zero-order valence-electron chi connectivity index (χ0n) is 15.3. The van der Waals surface area contributed by atoms with E-state index in [-0.39, 0.29) is 0 Å². The van der Waals surface area contributed by atoms with Gasteiger partial charge in [-0.2, -0.15) is 0 Å². The fourth-order valence-electron chi connectivity index (χ4n) is 3.56. The van der Waals surface area contributed by atoms with Crippen LogP contribution in [0.4, 0.5) is 5.69 Å². The van der Waals surface area contributed by atoms with Crippen molar-refractivity contribution in [2.45, 2.75) is 30.9 Å². The SMILES string of the molecule is CC1=CC(=[N+](C)C)C(C)C2Sc3cc(N(C)C)cc(C)c3C=C12. The molecule has 1 aliphatic heterocycles. The number of fused-ring (bicyclic) bond motifs is 2. The van der Waals surface area contributed by atoms with E-state index in [0.717, 1.165) is 0 Å². The van der Waals surface area contributed by atoms with E-state index < -0.39 is 0 Å². The van der Waals surface area contributed by atoms with Gasteiger partial charge in [-0.3, -0.25) is 0 Å². The summed E-state index contributed by atoms with van der Waals surface area (Å²) in [5, 5.41) is 0.515. The lowest BCUT2D eigenvalue weighted by atomic mass is 9.83. The number of hydrogen-bond donors (Lipinski definition) is 0. The maximum absolute atomic E-state index is 2.43. The number of benzene rings is 1. The van der Waals surface area contributed by atoms with Crippen molar-refractivity contribution in [2.24, 2.45) is 5.92 Å². The number of hydrogen-bond acceptors (Lipinski definition) is 2. The molecule has 0 saturated heterocycles. The van der Waals surface area contributed by atoms with E-state index in [2.05, 4.69) is 82.7 Å². The van der Waals surface area contributed by atoms with Gasteiger partial charge in [0.05, 0.1) is 5.92 Å². The molecule has 0 spiro atoms. The number of aryl methyl sites for hydroxylation is 1. The summed E-state index contributed by atoms with van der Waals surface area (Å²) in [6, 6.07) is 4.63. The Kier molecular flexibility index (Phi) is 4.18. The van der Waals surface area contributed by atoms with E-state index in [1.165, 1.54) is 38.6 Å². The van der Waals surface area contributed by atoms with E-state index >= 15 is 0 Å². The first-order valence-electron chi connectivity index (χ1n) is 8.22. The third-order valence-corrected chi connectivity index (χ3v) is 6.47. The molecule has 0 amide bonds. The first-order valence-corrected chi connectivity index (χ1v) is 9.10. The lowest BCUT2D eigenvalue weighted by Crippen LogP contribution is -2.34. The number of allylic oxidation sites excluding steroid dienone is 2. The van der Waals surface area contributed by atoms with Crippen LogP contribution in [0.5, 0.6) is 0 Å². The highest BCUT2D eigenvalue weighted by Crippen LogP contribution is 2.47. The van der Waals surface area contributed by atoms with Crippen LogP contribution in [0.3, 0.4) is 0 Å². The van der Waals surface area contributed by atoms with Crippen LogP contribution in [-0.4, -0.2) is 43.7 Å². The summed E-state index contributed by atoms with van der Waals surface area (Å²) in [5.41, 5.74) is 8.40. The Hall–Kier alpha value is -1.48. The highest BCUT2D eigenvalue weighted by molar-refractivity contribution is 8.00. The van der Waals surface area contributed by atoms with Gasteiger partial charge < -0.3 is 4.90 Å². The summed E-state index contributed by atoms with van der Waals surface area (Å²) in [6.45, 7) is 6.84. The Morgan fingerprint density at radius 3 is 2.39 bits per heavy atom. The largest absolute Gasteiger partial charge is 0.378 e. The fraction of sp³-hybridized carbons (Fsp3) is 0.450. The second-order valence-electron chi connectivity index (χ2n) is 7.14. The molecule has 1 aliphatic carbocycles. The van der Waals surface area contributed by atoms with Crippen molar-refractivity contribution in [3.8, 4) is 0 Å². The molecular weight excluding hydrogens is 300 g/mol. The minimum absolute atomic E-state index is 0.515. The Morgan fingerprint density at radius 1 is 1.09 bits per heavy atom. The van der Waals surface area contributed by atoms with Crippen molar-refractivity contribution in [1.82, 2.24) is 0 Å². The molecule has 1 aromatic rings. The minimum atomic E-state index is 0.515. The minimum Gasteiger partial charge on any atom is -0.378 e. The van der Waals surface area contributed by atoms with E-state index in [1.807, 2.05) is 11.8 Å². The summed E-state index contributed by atoms with van der Waals surface area (Å²) < 4.78 is 2.27. The molecule has 2 unspecified atom stereocenters. The summed E-state index contributed by atoms with van der Waals surface area (Å²) in [4.78, 5) is 3.61. The quantitative estimate of drug-likeness (QED) is 0.712. The van der Waals surface area contributed by atoms with Crippen molar-refractivity contribution < 1.29 is 4.58 Å².